The first kappa shape index (κ1) is 21.7. The van der Waals surface area contributed by atoms with Crippen molar-refractivity contribution in [2.45, 2.75) is 6.54 Å². The van der Waals surface area contributed by atoms with Crippen molar-refractivity contribution in [2.24, 2.45) is 0 Å². The monoisotopic (exact) mass is 444 g/mol. The van der Waals surface area contributed by atoms with E-state index in [-0.39, 0.29) is 11.8 Å². The summed E-state index contributed by atoms with van der Waals surface area (Å²) in [5, 5.41) is 4.94. The largest absolute Gasteiger partial charge is 0.493 e. The lowest BCUT2D eigenvalue weighted by Gasteiger charge is -2.19. The number of halogens is 1. The third-order valence-corrected chi connectivity index (χ3v) is 5.62. The molecule has 0 aliphatic carbocycles. The van der Waals surface area contributed by atoms with E-state index in [1.165, 1.54) is 11.3 Å². The number of nitrogens with one attached hydrogen (secondary N) is 1. The van der Waals surface area contributed by atoms with Crippen molar-refractivity contribution in [2.75, 3.05) is 26.6 Å². The molecule has 1 aromatic heterocycles. The number of nitrogens with zero attached hydrogens (tertiary/aromatic N) is 1. The number of thiophene rings is 1. The lowest BCUT2D eigenvalue weighted by atomic mass is 10.1. The molecule has 2 amide bonds. The first-order valence-corrected chi connectivity index (χ1v) is 10.3. The van der Waals surface area contributed by atoms with E-state index in [2.05, 4.69) is 5.32 Å². The van der Waals surface area contributed by atoms with Gasteiger partial charge in [0.1, 0.15) is 0 Å². The van der Waals surface area contributed by atoms with Crippen molar-refractivity contribution in [3.8, 4) is 11.5 Å². The zero-order chi connectivity index (χ0) is 21.7. The van der Waals surface area contributed by atoms with Gasteiger partial charge in [-0.25, -0.2) is 0 Å². The van der Waals surface area contributed by atoms with Gasteiger partial charge >= 0.3 is 0 Å². The van der Waals surface area contributed by atoms with Gasteiger partial charge in [0, 0.05) is 19.2 Å². The van der Waals surface area contributed by atoms with Gasteiger partial charge in [0.15, 0.2) is 11.5 Å². The van der Waals surface area contributed by atoms with Crippen LogP contribution in [0.25, 0.3) is 0 Å². The smallest absolute Gasteiger partial charge is 0.265 e. The summed E-state index contributed by atoms with van der Waals surface area (Å²) in [7, 11) is 4.84. The molecule has 0 bridgehead atoms. The molecule has 0 radical (unpaired) electrons. The number of methoxy groups -OCH3 is 2. The molecule has 0 unspecified atom stereocenters. The molecular formula is C22H21ClN2O4S. The average molecular weight is 445 g/mol. The maximum absolute atomic E-state index is 12.9. The van der Waals surface area contributed by atoms with E-state index in [1.54, 1.807) is 62.6 Å². The Hall–Kier alpha value is -3.03. The molecule has 6 nitrogen and oxygen atoms in total. The van der Waals surface area contributed by atoms with Gasteiger partial charge in [-0.2, -0.15) is 0 Å². The quantitative estimate of drug-likeness (QED) is 0.560. The summed E-state index contributed by atoms with van der Waals surface area (Å²) in [6, 6.07) is 13.8. The third kappa shape index (κ3) is 4.93. The van der Waals surface area contributed by atoms with Gasteiger partial charge in [0.05, 0.1) is 29.8 Å². The predicted molar refractivity (Wildman–Crippen MR) is 119 cm³/mol. The lowest BCUT2D eigenvalue weighted by molar-refractivity contribution is 0.0784. The molecule has 0 spiro atoms. The zero-order valence-corrected chi connectivity index (χ0v) is 18.3. The van der Waals surface area contributed by atoms with E-state index in [9.17, 15) is 9.59 Å². The van der Waals surface area contributed by atoms with Crippen LogP contribution in [0.2, 0.25) is 5.02 Å². The highest BCUT2D eigenvalue weighted by atomic mass is 35.5. The highest BCUT2D eigenvalue weighted by Crippen LogP contribution is 2.29. The second-order valence-electron chi connectivity index (χ2n) is 6.48. The fourth-order valence-corrected chi connectivity index (χ4v) is 3.67. The molecule has 156 valence electrons. The Bertz CT molecular complexity index is 1050. The Kier molecular flexibility index (Phi) is 6.97. The maximum atomic E-state index is 12.9. The Morgan fingerprint density at radius 1 is 1.07 bits per heavy atom. The summed E-state index contributed by atoms with van der Waals surface area (Å²) in [6.07, 6.45) is 0. The topological polar surface area (TPSA) is 67.9 Å². The summed E-state index contributed by atoms with van der Waals surface area (Å²) in [4.78, 5) is 27.4. The molecule has 1 heterocycles. The molecule has 0 aliphatic heterocycles. The number of rotatable bonds is 7. The SMILES string of the molecule is COc1ccc(CN(C)C(=O)c2ccc(Cl)c(NC(=O)c3cccs3)c2)cc1OC. The van der Waals surface area contributed by atoms with Gasteiger partial charge in [0.25, 0.3) is 11.8 Å². The van der Waals surface area contributed by atoms with E-state index >= 15 is 0 Å². The summed E-state index contributed by atoms with van der Waals surface area (Å²) in [6.45, 7) is 0.374. The van der Waals surface area contributed by atoms with Gasteiger partial charge in [-0.15, -0.1) is 11.3 Å². The minimum Gasteiger partial charge on any atom is -0.493 e. The number of hydrogen-bond acceptors (Lipinski definition) is 5. The van der Waals surface area contributed by atoms with Crippen molar-refractivity contribution in [1.82, 2.24) is 4.90 Å². The number of ether oxygens (including phenoxy) is 2. The normalized spacial score (nSPS) is 10.4. The van der Waals surface area contributed by atoms with Crippen molar-refractivity contribution in [3.63, 3.8) is 0 Å². The molecule has 0 saturated heterocycles. The number of carbonyl (C=O) groups is 2. The first-order chi connectivity index (χ1) is 14.4. The van der Waals surface area contributed by atoms with Crippen LogP contribution in [0.1, 0.15) is 25.6 Å². The molecule has 8 heteroatoms. The fourth-order valence-electron chi connectivity index (χ4n) is 2.89. The van der Waals surface area contributed by atoms with E-state index < -0.39 is 0 Å². The van der Waals surface area contributed by atoms with Gasteiger partial charge in [-0.05, 0) is 47.3 Å². The van der Waals surface area contributed by atoms with Crippen LogP contribution in [0.3, 0.4) is 0 Å². The molecule has 3 aromatic rings. The van der Waals surface area contributed by atoms with E-state index in [1.807, 2.05) is 17.5 Å². The number of amides is 2. The minimum atomic E-state index is -0.268. The standard InChI is InChI=1S/C22H21ClN2O4S/c1-25(13-14-6-9-18(28-2)19(11-14)29-3)22(27)15-7-8-16(23)17(12-15)24-21(26)20-5-4-10-30-20/h4-12H,13H2,1-3H3,(H,24,26). The summed E-state index contributed by atoms with van der Waals surface area (Å²) >= 11 is 7.54. The van der Waals surface area contributed by atoms with Crippen LogP contribution < -0.4 is 14.8 Å². The highest BCUT2D eigenvalue weighted by molar-refractivity contribution is 7.12. The Morgan fingerprint density at radius 2 is 1.83 bits per heavy atom. The van der Waals surface area contributed by atoms with Crippen molar-refractivity contribution >= 4 is 40.4 Å². The lowest BCUT2D eigenvalue weighted by Crippen LogP contribution is -2.26. The van der Waals surface area contributed by atoms with E-state index in [0.29, 0.717) is 39.2 Å². The average Bonchev–Trinajstić information content (AvgIpc) is 3.29. The maximum Gasteiger partial charge on any atom is 0.265 e. The molecule has 1 N–H and O–H groups in total. The number of benzene rings is 2. The second kappa shape index (κ2) is 9.65. The number of anilines is 1. The van der Waals surface area contributed by atoms with Crippen molar-refractivity contribution < 1.29 is 19.1 Å². The van der Waals surface area contributed by atoms with Gasteiger partial charge in [-0.1, -0.05) is 23.7 Å². The van der Waals surface area contributed by atoms with Crippen LogP contribution in [0.5, 0.6) is 11.5 Å². The van der Waals surface area contributed by atoms with Gasteiger partial charge in [-0.3, -0.25) is 9.59 Å². The molecule has 0 atom stereocenters. The summed E-state index contributed by atoms with van der Waals surface area (Å²) in [5.74, 6) is 0.753. The molecule has 0 aliphatic rings. The van der Waals surface area contributed by atoms with Crippen molar-refractivity contribution in [1.29, 1.82) is 0 Å². The molecule has 2 aromatic carbocycles. The molecule has 30 heavy (non-hydrogen) atoms. The van der Waals surface area contributed by atoms with Crippen LogP contribution in [0, 0.1) is 0 Å². The van der Waals surface area contributed by atoms with Gasteiger partial charge < -0.3 is 19.7 Å². The second-order valence-corrected chi connectivity index (χ2v) is 7.83. The first-order valence-electron chi connectivity index (χ1n) is 9.03. The van der Waals surface area contributed by atoms with Crippen LogP contribution in [-0.4, -0.2) is 38.0 Å². The number of hydrogen-bond donors (Lipinski definition) is 1. The third-order valence-electron chi connectivity index (χ3n) is 4.42. The number of carbonyl (C=O) groups excluding carboxylic acids is 2. The fraction of sp³-hybridized carbons (Fsp3) is 0.182. The van der Waals surface area contributed by atoms with E-state index in [0.717, 1.165) is 5.56 Å². The predicted octanol–water partition coefficient (Wildman–Crippen LogP) is 4.94. The highest BCUT2D eigenvalue weighted by Gasteiger charge is 2.16. The Morgan fingerprint density at radius 3 is 2.50 bits per heavy atom. The minimum absolute atomic E-state index is 0.201. The molecule has 3 rings (SSSR count). The Labute approximate surface area is 184 Å². The zero-order valence-electron chi connectivity index (χ0n) is 16.8. The van der Waals surface area contributed by atoms with Crippen LogP contribution in [-0.2, 0) is 6.54 Å². The van der Waals surface area contributed by atoms with Crippen LogP contribution in [0.15, 0.2) is 53.9 Å². The van der Waals surface area contributed by atoms with Crippen LogP contribution in [0.4, 0.5) is 5.69 Å². The van der Waals surface area contributed by atoms with Crippen molar-refractivity contribution in [3.05, 3.63) is 74.9 Å². The van der Waals surface area contributed by atoms with E-state index in [4.69, 9.17) is 21.1 Å². The molecule has 0 fully saturated rings. The molecular weight excluding hydrogens is 424 g/mol. The van der Waals surface area contributed by atoms with Gasteiger partial charge in [0.2, 0.25) is 0 Å². The Balaban J connectivity index is 1.75. The van der Waals surface area contributed by atoms with Crippen LogP contribution >= 0.6 is 22.9 Å². The molecule has 0 saturated carbocycles. The summed E-state index contributed by atoms with van der Waals surface area (Å²) < 4.78 is 10.6. The summed E-state index contributed by atoms with van der Waals surface area (Å²) in [5.41, 5.74) is 1.70.